The summed E-state index contributed by atoms with van der Waals surface area (Å²) in [5.41, 5.74) is 4.90. The second-order valence-electron chi connectivity index (χ2n) is 5.11. The van der Waals surface area contributed by atoms with E-state index in [1.165, 1.54) is 25.1 Å². The van der Waals surface area contributed by atoms with Crippen LogP contribution in [0.1, 0.15) is 28.8 Å². The molecular formula is C16H16BrFN2O4. The summed E-state index contributed by atoms with van der Waals surface area (Å²) < 4.78 is 24.1. The van der Waals surface area contributed by atoms with Crippen LogP contribution in [0.4, 0.5) is 4.39 Å². The second kappa shape index (κ2) is 7.48. The van der Waals surface area contributed by atoms with E-state index in [-0.39, 0.29) is 0 Å². The predicted octanol–water partition coefficient (Wildman–Crippen LogP) is 3.03. The molecule has 24 heavy (non-hydrogen) atoms. The van der Waals surface area contributed by atoms with Gasteiger partial charge in [-0.2, -0.15) is 0 Å². The maximum atomic E-state index is 13.0. The molecule has 0 aliphatic heterocycles. The van der Waals surface area contributed by atoms with Crippen molar-refractivity contribution in [2.24, 2.45) is 0 Å². The molecule has 0 saturated carbocycles. The summed E-state index contributed by atoms with van der Waals surface area (Å²) in [5, 5.41) is 0. The minimum Gasteiger partial charge on any atom is -0.480 e. The first kappa shape index (κ1) is 18.0. The van der Waals surface area contributed by atoms with E-state index in [2.05, 4.69) is 26.8 Å². The van der Waals surface area contributed by atoms with Gasteiger partial charge in [-0.15, -0.1) is 0 Å². The van der Waals surface area contributed by atoms with Crippen molar-refractivity contribution in [3.63, 3.8) is 0 Å². The number of benzene rings is 1. The lowest BCUT2D eigenvalue weighted by atomic mass is 10.2. The van der Waals surface area contributed by atoms with Crippen molar-refractivity contribution in [3.8, 4) is 5.75 Å². The van der Waals surface area contributed by atoms with Crippen molar-refractivity contribution >= 4 is 27.7 Å². The Kier molecular flexibility index (Phi) is 5.61. The highest BCUT2D eigenvalue weighted by molar-refractivity contribution is 9.10. The van der Waals surface area contributed by atoms with Crippen LogP contribution < -0.4 is 15.6 Å². The van der Waals surface area contributed by atoms with Gasteiger partial charge in [-0.1, -0.05) is 0 Å². The molecule has 1 heterocycles. The van der Waals surface area contributed by atoms with E-state index in [1.807, 2.05) is 0 Å². The number of hydrogen-bond acceptors (Lipinski definition) is 4. The van der Waals surface area contributed by atoms with Crippen LogP contribution in [0.2, 0.25) is 0 Å². The molecule has 8 heteroatoms. The minimum atomic E-state index is -0.903. The Morgan fingerprint density at radius 2 is 1.96 bits per heavy atom. The van der Waals surface area contributed by atoms with Crippen LogP contribution in [0.15, 0.2) is 33.2 Å². The molecule has 2 aromatic rings. The third-order valence-corrected chi connectivity index (χ3v) is 3.77. The van der Waals surface area contributed by atoms with Gasteiger partial charge in [0.1, 0.15) is 23.1 Å². The van der Waals surface area contributed by atoms with Gasteiger partial charge in [0.2, 0.25) is 0 Å². The van der Waals surface area contributed by atoms with Gasteiger partial charge in [-0.3, -0.25) is 20.4 Å². The van der Waals surface area contributed by atoms with E-state index in [0.717, 1.165) is 0 Å². The van der Waals surface area contributed by atoms with E-state index in [4.69, 9.17) is 9.15 Å². The molecular weight excluding hydrogens is 383 g/mol. The van der Waals surface area contributed by atoms with Crippen LogP contribution in [0, 0.1) is 19.7 Å². The number of nitrogens with one attached hydrogen (secondary N) is 2. The standard InChI is InChI=1S/C16H16BrFN2O4/c1-8-6-12(9(2)23-8)16(22)20-19-15(21)10(3)24-14-5-4-11(18)7-13(14)17/h4-7,10H,1-3H3,(H,19,21)(H,20,22). The van der Waals surface area contributed by atoms with Crippen LogP contribution in [-0.2, 0) is 4.79 Å². The maximum Gasteiger partial charge on any atom is 0.279 e. The lowest BCUT2D eigenvalue weighted by molar-refractivity contribution is -0.128. The maximum absolute atomic E-state index is 13.0. The summed E-state index contributed by atoms with van der Waals surface area (Å²) >= 11 is 3.15. The van der Waals surface area contributed by atoms with Gasteiger partial charge >= 0.3 is 0 Å². The predicted molar refractivity (Wildman–Crippen MR) is 88.0 cm³/mol. The van der Waals surface area contributed by atoms with Crippen LogP contribution in [0.5, 0.6) is 5.75 Å². The third-order valence-electron chi connectivity index (χ3n) is 3.15. The summed E-state index contributed by atoms with van der Waals surface area (Å²) in [6.07, 6.45) is -0.903. The average Bonchev–Trinajstić information content (AvgIpc) is 2.85. The van der Waals surface area contributed by atoms with E-state index < -0.39 is 23.7 Å². The molecule has 2 rings (SSSR count). The molecule has 0 bridgehead atoms. The number of halogens is 2. The molecule has 0 aliphatic rings. The summed E-state index contributed by atoms with van der Waals surface area (Å²) in [5.74, 6) is -0.109. The highest BCUT2D eigenvalue weighted by atomic mass is 79.9. The fourth-order valence-corrected chi connectivity index (χ4v) is 2.40. The first-order valence-electron chi connectivity index (χ1n) is 7.07. The average molecular weight is 399 g/mol. The van der Waals surface area contributed by atoms with E-state index >= 15 is 0 Å². The highest BCUT2D eigenvalue weighted by Gasteiger charge is 2.19. The number of ether oxygens (including phenoxy) is 1. The molecule has 0 aliphatic carbocycles. The van der Waals surface area contributed by atoms with Gasteiger partial charge in [0, 0.05) is 0 Å². The Balaban J connectivity index is 1.92. The summed E-state index contributed by atoms with van der Waals surface area (Å²) in [6.45, 7) is 4.88. The lowest BCUT2D eigenvalue weighted by Crippen LogP contribution is -2.47. The Hall–Kier alpha value is -2.35. The first-order valence-corrected chi connectivity index (χ1v) is 7.86. The number of furan rings is 1. The fourth-order valence-electron chi connectivity index (χ4n) is 1.96. The summed E-state index contributed by atoms with van der Waals surface area (Å²) in [7, 11) is 0. The Morgan fingerprint density at radius 1 is 1.25 bits per heavy atom. The molecule has 2 N–H and O–H groups in total. The normalized spacial score (nSPS) is 11.7. The van der Waals surface area contributed by atoms with E-state index in [9.17, 15) is 14.0 Å². The number of amides is 2. The second-order valence-corrected chi connectivity index (χ2v) is 5.96. The molecule has 0 saturated heterocycles. The molecule has 6 nitrogen and oxygen atoms in total. The largest absolute Gasteiger partial charge is 0.480 e. The molecule has 1 aromatic heterocycles. The van der Waals surface area contributed by atoms with Gasteiger partial charge in [-0.25, -0.2) is 4.39 Å². The van der Waals surface area contributed by atoms with E-state index in [0.29, 0.717) is 27.3 Å². The lowest BCUT2D eigenvalue weighted by Gasteiger charge is -2.16. The number of aryl methyl sites for hydroxylation is 2. The van der Waals surface area contributed by atoms with Gasteiger partial charge in [0.15, 0.2) is 6.10 Å². The van der Waals surface area contributed by atoms with Gasteiger partial charge in [-0.05, 0) is 61.0 Å². The Morgan fingerprint density at radius 3 is 2.54 bits per heavy atom. The van der Waals surface area contributed by atoms with Crippen molar-refractivity contribution in [2.75, 3.05) is 0 Å². The number of rotatable bonds is 4. The molecule has 0 spiro atoms. The zero-order valence-electron chi connectivity index (χ0n) is 13.3. The van der Waals surface area contributed by atoms with Crippen LogP contribution in [-0.4, -0.2) is 17.9 Å². The zero-order chi connectivity index (χ0) is 17.9. The molecule has 2 amide bonds. The molecule has 1 atom stereocenters. The summed E-state index contributed by atoms with van der Waals surface area (Å²) in [4.78, 5) is 24.0. The van der Waals surface area contributed by atoms with Crippen molar-refractivity contribution in [1.29, 1.82) is 0 Å². The quantitative estimate of drug-likeness (QED) is 0.775. The van der Waals surface area contributed by atoms with Crippen LogP contribution in [0.3, 0.4) is 0 Å². The van der Waals surface area contributed by atoms with Crippen molar-refractivity contribution in [2.45, 2.75) is 26.9 Å². The first-order chi connectivity index (χ1) is 11.3. The minimum absolute atomic E-state index is 0.312. The topological polar surface area (TPSA) is 80.6 Å². The molecule has 0 radical (unpaired) electrons. The Labute approximate surface area is 146 Å². The zero-order valence-corrected chi connectivity index (χ0v) is 14.9. The molecule has 0 fully saturated rings. The van der Waals surface area contributed by atoms with Gasteiger partial charge in [0.25, 0.3) is 11.8 Å². The van der Waals surface area contributed by atoms with Crippen LogP contribution >= 0.6 is 15.9 Å². The number of carbonyl (C=O) groups is 2. The number of carbonyl (C=O) groups excluding carboxylic acids is 2. The number of hydrazine groups is 1. The van der Waals surface area contributed by atoms with Crippen LogP contribution in [0.25, 0.3) is 0 Å². The van der Waals surface area contributed by atoms with Crippen molar-refractivity contribution in [1.82, 2.24) is 10.9 Å². The molecule has 1 unspecified atom stereocenters. The molecule has 1 aromatic carbocycles. The fraction of sp³-hybridized carbons (Fsp3) is 0.250. The molecule has 128 valence electrons. The monoisotopic (exact) mass is 398 g/mol. The summed E-state index contributed by atoms with van der Waals surface area (Å²) in [6, 6.07) is 5.42. The van der Waals surface area contributed by atoms with Gasteiger partial charge < -0.3 is 9.15 Å². The number of hydrogen-bond donors (Lipinski definition) is 2. The SMILES string of the molecule is Cc1cc(C(=O)NNC(=O)C(C)Oc2ccc(F)cc2Br)c(C)o1. The third kappa shape index (κ3) is 4.35. The highest BCUT2D eigenvalue weighted by Crippen LogP contribution is 2.26. The van der Waals surface area contributed by atoms with E-state index in [1.54, 1.807) is 19.9 Å². The van der Waals surface area contributed by atoms with Gasteiger partial charge in [0.05, 0.1) is 10.0 Å². The Bertz CT molecular complexity index is 775. The van der Waals surface area contributed by atoms with Crippen molar-refractivity contribution in [3.05, 3.63) is 51.6 Å². The van der Waals surface area contributed by atoms with Crippen molar-refractivity contribution < 1.29 is 23.1 Å². The smallest absolute Gasteiger partial charge is 0.279 e.